The number of amides is 1. The van der Waals surface area contributed by atoms with Crippen molar-refractivity contribution < 1.29 is 44.9 Å². The van der Waals surface area contributed by atoms with E-state index in [-0.39, 0.29) is 18.9 Å². The summed E-state index contributed by atoms with van der Waals surface area (Å²) in [5, 5.41) is 61.8. The Balaban J connectivity index is 1.73. The third-order valence-corrected chi connectivity index (χ3v) is 6.25. The molecule has 200 valence electrons. The lowest BCUT2D eigenvalue weighted by molar-refractivity contribution is -0.303. The van der Waals surface area contributed by atoms with Gasteiger partial charge in [0.1, 0.15) is 30.5 Å². The molecule has 0 aliphatic carbocycles. The molecule has 10 heteroatoms. The number of aliphatic hydroxyl groups is 6. The number of hydrogen-bond acceptors (Lipinski definition) is 9. The molecule has 0 spiro atoms. The monoisotopic (exact) mass is 499 g/mol. The van der Waals surface area contributed by atoms with E-state index in [1.807, 2.05) is 18.2 Å². The summed E-state index contributed by atoms with van der Waals surface area (Å²) in [5.41, 5.74) is 1.32. The second kappa shape index (κ2) is 15.5. The van der Waals surface area contributed by atoms with Crippen LogP contribution in [-0.2, 0) is 20.7 Å². The number of rotatable bonds is 15. The lowest BCUT2D eigenvalue weighted by Gasteiger charge is -2.40. The summed E-state index contributed by atoms with van der Waals surface area (Å²) in [6.07, 6.45) is -3.73. The maximum Gasteiger partial charge on any atom is 0.220 e. The van der Waals surface area contributed by atoms with Gasteiger partial charge in [-0.25, -0.2) is 0 Å². The van der Waals surface area contributed by atoms with Gasteiger partial charge in [-0.05, 0) is 31.7 Å². The van der Waals surface area contributed by atoms with Crippen LogP contribution in [0.5, 0.6) is 0 Å². The zero-order chi connectivity index (χ0) is 25.8. The standard InChI is InChI=1S/C25H41NO9/c1-16(28)21(30)18(15-34-25-24(33)23(32)22(31)19(14-27)35-25)26-20(29)13-9-4-2-3-6-10-17-11-7-5-8-12-17/h5,7-8,11-12,16,18-19,21-25,27-28,30-33H,2-4,6,9-10,13-15H2,1H3,(H,26,29)/t16-,18+,19?,21-,22?,23?,24?,25?/m1/s1. The average Bonchev–Trinajstić information content (AvgIpc) is 2.85. The van der Waals surface area contributed by atoms with Crippen molar-refractivity contribution in [3.8, 4) is 0 Å². The summed E-state index contributed by atoms with van der Waals surface area (Å²) in [5.74, 6) is -0.309. The average molecular weight is 500 g/mol. The summed E-state index contributed by atoms with van der Waals surface area (Å²) in [6, 6.07) is 9.30. The molecule has 0 radical (unpaired) electrons. The molecular formula is C25H41NO9. The van der Waals surface area contributed by atoms with Crippen LogP contribution in [0.1, 0.15) is 51.0 Å². The Labute approximate surface area is 206 Å². The summed E-state index contributed by atoms with van der Waals surface area (Å²) in [4.78, 5) is 12.4. The highest BCUT2D eigenvalue weighted by Gasteiger charge is 2.44. The van der Waals surface area contributed by atoms with Crippen LogP contribution in [0.3, 0.4) is 0 Å². The maximum absolute atomic E-state index is 12.4. The fourth-order valence-corrected chi connectivity index (χ4v) is 4.03. The molecule has 1 fully saturated rings. The largest absolute Gasteiger partial charge is 0.394 e. The van der Waals surface area contributed by atoms with Crippen LogP contribution < -0.4 is 5.32 Å². The number of benzene rings is 1. The molecule has 5 unspecified atom stereocenters. The minimum absolute atomic E-state index is 0.252. The zero-order valence-corrected chi connectivity index (χ0v) is 20.3. The van der Waals surface area contributed by atoms with E-state index in [1.165, 1.54) is 12.5 Å². The predicted octanol–water partition coefficient (Wildman–Crippen LogP) is -0.387. The van der Waals surface area contributed by atoms with Crippen molar-refractivity contribution in [2.24, 2.45) is 0 Å². The van der Waals surface area contributed by atoms with Gasteiger partial charge < -0.3 is 45.4 Å². The first-order valence-electron chi connectivity index (χ1n) is 12.4. The molecule has 1 aromatic carbocycles. The zero-order valence-electron chi connectivity index (χ0n) is 20.3. The van der Waals surface area contributed by atoms with Gasteiger partial charge >= 0.3 is 0 Å². The van der Waals surface area contributed by atoms with E-state index >= 15 is 0 Å². The molecule has 1 saturated heterocycles. The van der Waals surface area contributed by atoms with Gasteiger partial charge in [-0.3, -0.25) is 4.79 Å². The van der Waals surface area contributed by atoms with Crippen LogP contribution in [0.2, 0.25) is 0 Å². The molecule has 1 heterocycles. The Morgan fingerprint density at radius 1 is 1.00 bits per heavy atom. The van der Waals surface area contributed by atoms with E-state index in [2.05, 4.69) is 17.4 Å². The summed E-state index contributed by atoms with van der Waals surface area (Å²) < 4.78 is 10.7. The Hall–Kier alpha value is -1.63. The molecule has 2 rings (SSSR count). The molecule has 7 N–H and O–H groups in total. The molecule has 8 atom stereocenters. The van der Waals surface area contributed by atoms with E-state index in [4.69, 9.17) is 9.47 Å². The van der Waals surface area contributed by atoms with Gasteiger partial charge in [-0.2, -0.15) is 0 Å². The van der Waals surface area contributed by atoms with Gasteiger partial charge in [0, 0.05) is 6.42 Å². The molecule has 0 aromatic heterocycles. The van der Waals surface area contributed by atoms with Crippen molar-refractivity contribution in [2.75, 3.05) is 13.2 Å². The van der Waals surface area contributed by atoms with Crippen LogP contribution in [0.4, 0.5) is 0 Å². The molecular weight excluding hydrogens is 458 g/mol. The molecule has 35 heavy (non-hydrogen) atoms. The highest BCUT2D eigenvalue weighted by molar-refractivity contribution is 5.76. The SMILES string of the molecule is C[C@@H](O)[C@@H](O)[C@H](COC1OC(CO)C(O)C(O)C1O)NC(=O)CCCCCCCc1ccccc1. The summed E-state index contributed by atoms with van der Waals surface area (Å²) in [6.45, 7) is 0.431. The molecule has 1 aliphatic heterocycles. The topological polar surface area (TPSA) is 169 Å². The Morgan fingerprint density at radius 2 is 1.66 bits per heavy atom. The van der Waals surface area contributed by atoms with E-state index < -0.39 is 55.6 Å². The fourth-order valence-electron chi connectivity index (χ4n) is 4.03. The van der Waals surface area contributed by atoms with Crippen molar-refractivity contribution in [1.29, 1.82) is 0 Å². The van der Waals surface area contributed by atoms with Gasteiger partial charge in [0.25, 0.3) is 0 Å². The van der Waals surface area contributed by atoms with E-state index in [1.54, 1.807) is 0 Å². The van der Waals surface area contributed by atoms with Gasteiger partial charge in [0.2, 0.25) is 5.91 Å². The number of nitrogens with one attached hydrogen (secondary N) is 1. The maximum atomic E-state index is 12.4. The van der Waals surface area contributed by atoms with E-state index in [9.17, 15) is 35.4 Å². The van der Waals surface area contributed by atoms with E-state index in [0.29, 0.717) is 6.42 Å². The highest BCUT2D eigenvalue weighted by Crippen LogP contribution is 2.22. The van der Waals surface area contributed by atoms with Crippen LogP contribution in [0, 0.1) is 0 Å². The number of aliphatic hydroxyl groups excluding tert-OH is 6. The second-order valence-electron chi connectivity index (χ2n) is 9.19. The van der Waals surface area contributed by atoms with Crippen LogP contribution in [0.25, 0.3) is 0 Å². The van der Waals surface area contributed by atoms with Crippen molar-refractivity contribution >= 4 is 5.91 Å². The van der Waals surface area contributed by atoms with Gasteiger partial charge in [0.05, 0.1) is 25.4 Å². The Bertz CT molecular complexity index is 718. The van der Waals surface area contributed by atoms with Crippen LogP contribution in [0.15, 0.2) is 30.3 Å². The van der Waals surface area contributed by atoms with Gasteiger partial charge in [0.15, 0.2) is 6.29 Å². The first-order chi connectivity index (χ1) is 16.7. The molecule has 1 amide bonds. The van der Waals surface area contributed by atoms with Crippen molar-refractivity contribution in [2.45, 2.75) is 101 Å². The molecule has 1 aromatic rings. The number of carbonyl (C=O) groups is 1. The minimum atomic E-state index is -1.60. The summed E-state index contributed by atoms with van der Waals surface area (Å²) >= 11 is 0. The smallest absolute Gasteiger partial charge is 0.220 e. The number of unbranched alkanes of at least 4 members (excludes halogenated alkanes) is 4. The molecule has 0 saturated carbocycles. The first kappa shape index (κ1) is 29.6. The van der Waals surface area contributed by atoms with E-state index in [0.717, 1.165) is 32.1 Å². The molecule has 1 aliphatic rings. The van der Waals surface area contributed by atoms with Crippen molar-refractivity contribution in [3.05, 3.63) is 35.9 Å². The lowest BCUT2D eigenvalue weighted by Crippen LogP contribution is -2.60. The number of ether oxygens (including phenoxy) is 2. The first-order valence-corrected chi connectivity index (χ1v) is 12.4. The van der Waals surface area contributed by atoms with Crippen LogP contribution >= 0.6 is 0 Å². The van der Waals surface area contributed by atoms with Crippen molar-refractivity contribution in [1.82, 2.24) is 5.32 Å². The lowest BCUT2D eigenvalue weighted by atomic mass is 9.99. The van der Waals surface area contributed by atoms with Crippen LogP contribution in [-0.4, -0.2) is 98.7 Å². The third kappa shape index (κ3) is 9.74. The van der Waals surface area contributed by atoms with Gasteiger partial charge in [-0.1, -0.05) is 49.6 Å². The Morgan fingerprint density at radius 3 is 2.31 bits per heavy atom. The number of hydrogen-bond donors (Lipinski definition) is 7. The third-order valence-electron chi connectivity index (χ3n) is 6.25. The fraction of sp³-hybridized carbons (Fsp3) is 0.720. The Kier molecular flexibility index (Phi) is 13.1. The predicted molar refractivity (Wildman–Crippen MR) is 127 cm³/mol. The second-order valence-corrected chi connectivity index (χ2v) is 9.19. The molecule has 0 bridgehead atoms. The molecule has 10 nitrogen and oxygen atoms in total. The minimum Gasteiger partial charge on any atom is -0.394 e. The normalized spacial score (nSPS) is 27.2. The quantitative estimate of drug-likeness (QED) is 0.159. The van der Waals surface area contributed by atoms with Crippen molar-refractivity contribution in [3.63, 3.8) is 0 Å². The number of carbonyl (C=O) groups excluding carboxylic acids is 1. The van der Waals surface area contributed by atoms with Gasteiger partial charge in [-0.15, -0.1) is 0 Å². The highest BCUT2D eigenvalue weighted by atomic mass is 16.7. The number of aryl methyl sites for hydroxylation is 1. The summed E-state index contributed by atoms with van der Waals surface area (Å²) in [7, 11) is 0.